The second-order valence-electron chi connectivity index (χ2n) is 7.09. The first-order valence-corrected chi connectivity index (χ1v) is 9.20. The minimum atomic E-state index is -0.765. The molecule has 1 aliphatic rings. The quantitative estimate of drug-likeness (QED) is 0.872. The Bertz CT molecular complexity index is 804. The lowest BCUT2D eigenvalue weighted by Crippen LogP contribution is -2.52. The molecule has 0 aromatic heterocycles. The van der Waals surface area contributed by atoms with Crippen molar-refractivity contribution in [1.29, 1.82) is 0 Å². The molecular weight excluding hydrogens is 348 g/mol. The first kappa shape index (κ1) is 19.5. The molecule has 0 aliphatic carbocycles. The van der Waals surface area contributed by atoms with E-state index in [0.717, 1.165) is 44.9 Å². The van der Waals surface area contributed by atoms with Gasteiger partial charge < -0.3 is 5.32 Å². The van der Waals surface area contributed by atoms with E-state index in [1.807, 2.05) is 6.92 Å². The van der Waals surface area contributed by atoms with Crippen LogP contribution < -0.4 is 5.32 Å². The Hall–Kier alpha value is -2.31. The summed E-state index contributed by atoms with van der Waals surface area (Å²) < 4.78 is 26.7. The van der Waals surface area contributed by atoms with Crippen molar-refractivity contribution in [2.45, 2.75) is 26.4 Å². The summed E-state index contributed by atoms with van der Waals surface area (Å²) in [6.45, 7) is 8.08. The predicted octanol–water partition coefficient (Wildman–Crippen LogP) is 3.42. The molecule has 3 rings (SSSR count). The Kier molecular flexibility index (Phi) is 6.19. The topological polar surface area (TPSA) is 35.6 Å². The number of rotatable bonds is 5. The van der Waals surface area contributed by atoms with Crippen LogP contribution in [-0.4, -0.2) is 47.9 Å². The molecule has 0 bridgehead atoms. The number of piperazine rings is 1. The molecule has 6 heteroatoms. The summed E-state index contributed by atoms with van der Waals surface area (Å²) in [7, 11) is 0. The molecule has 1 heterocycles. The van der Waals surface area contributed by atoms with Crippen LogP contribution in [-0.2, 0) is 11.3 Å². The fraction of sp³-hybridized carbons (Fsp3) is 0.381. The van der Waals surface area contributed by atoms with Gasteiger partial charge in [-0.05, 0) is 31.5 Å². The SMILES string of the molecule is Cc1cccc(CN2CCN(C(C)C(=O)Nc3ccc(F)cc3F)CC2)c1. The second kappa shape index (κ2) is 8.59. The number of hydrogen-bond donors (Lipinski definition) is 1. The number of aryl methyl sites for hydroxylation is 1. The van der Waals surface area contributed by atoms with Gasteiger partial charge in [0, 0.05) is 38.8 Å². The molecule has 1 atom stereocenters. The van der Waals surface area contributed by atoms with E-state index < -0.39 is 11.6 Å². The van der Waals surface area contributed by atoms with E-state index >= 15 is 0 Å². The lowest BCUT2D eigenvalue weighted by molar-refractivity contribution is -0.121. The third kappa shape index (κ3) is 5.11. The molecule has 4 nitrogen and oxygen atoms in total. The van der Waals surface area contributed by atoms with Crippen molar-refractivity contribution in [3.05, 3.63) is 65.2 Å². The highest BCUT2D eigenvalue weighted by Gasteiger charge is 2.26. The summed E-state index contributed by atoms with van der Waals surface area (Å²) in [5, 5.41) is 2.56. The van der Waals surface area contributed by atoms with Crippen molar-refractivity contribution in [3.8, 4) is 0 Å². The summed E-state index contributed by atoms with van der Waals surface area (Å²) in [6.07, 6.45) is 0. The predicted molar refractivity (Wildman–Crippen MR) is 102 cm³/mol. The molecule has 1 saturated heterocycles. The highest BCUT2D eigenvalue weighted by Crippen LogP contribution is 2.17. The smallest absolute Gasteiger partial charge is 0.241 e. The van der Waals surface area contributed by atoms with Gasteiger partial charge in [0.2, 0.25) is 5.91 Å². The second-order valence-corrected chi connectivity index (χ2v) is 7.09. The number of benzene rings is 2. The van der Waals surface area contributed by atoms with Gasteiger partial charge in [0.15, 0.2) is 0 Å². The average molecular weight is 373 g/mol. The first-order chi connectivity index (χ1) is 12.9. The number of hydrogen-bond acceptors (Lipinski definition) is 3. The maximum Gasteiger partial charge on any atom is 0.241 e. The number of carbonyl (C=O) groups is 1. The lowest BCUT2D eigenvalue weighted by Gasteiger charge is -2.37. The molecule has 1 fully saturated rings. The van der Waals surface area contributed by atoms with Crippen LogP contribution in [0, 0.1) is 18.6 Å². The molecule has 144 valence electrons. The van der Waals surface area contributed by atoms with Crippen LogP contribution in [0.5, 0.6) is 0 Å². The Morgan fingerprint density at radius 2 is 1.85 bits per heavy atom. The maximum atomic E-state index is 13.7. The van der Waals surface area contributed by atoms with E-state index in [0.29, 0.717) is 0 Å². The highest BCUT2D eigenvalue weighted by atomic mass is 19.1. The Morgan fingerprint density at radius 3 is 2.52 bits per heavy atom. The van der Waals surface area contributed by atoms with E-state index in [1.54, 1.807) is 0 Å². The van der Waals surface area contributed by atoms with Crippen LogP contribution in [0.3, 0.4) is 0 Å². The molecule has 2 aromatic rings. The van der Waals surface area contributed by atoms with Crippen LogP contribution >= 0.6 is 0 Å². The van der Waals surface area contributed by atoms with Crippen LogP contribution in [0.1, 0.15) is 18.1 Å². The zero-order valence-electron chi connectivity index (χ0n) is 15.7. The Balaban J connectivity index is 1.51. The lowest BCUT2D eigenvalue weighted by atomic mass is 10.1. The zero-order chi connectivity index (χ0) is 19.4. The van der Waals surface area contributed by atoms with Gasteiger partial charge in [-0.15, -0.1) is 0 Å². The van der Waals surface area contributed by atoms with E-state index in [-0.39, 0.29) is 17.6 Å². The number of amides is 1. The number of halogens is 2. The van der Waals surface area contributed by atoms with Gasteiger partial charge in [0.25, 0.3) is 0 Å². The van der Waals surface area contributed by atoms with Crippen molar-refractivity contribution >= 4 is 11.6 Å². The van der Waals surface area contributed by atoms with Gasteiger partial charge in [0.05, 0.1) is 11.7 Å². The number of nitrogens with zero attached hydrogens (tertiary/aromatic N) is 2. The third-order valence-corrected chi connectivity index (χ3v) is 5.01. The van der Waals surface area contributed by atoms with Crippen LogP contribution in [0.4, 0.5) is 14.5 Å². The average Bonchev–Trinajstić information content (AvgIpc) is 2.64. The third-order valence-electron chi connectivity index (χ3n) is 5.01. The summed E-state index contributed by atoms with van der Waals surface area (Å²) in [4.78, 5) is 16.9. The molecule has 0 spiro atoms. The molecule has 0 radical (unpaired) electrons. The van der Waals surface area contributed by atoms with Crippen LogP contribution in [0.25, 0.3) is 0 Å². The van der Waals surface area contributed by atoms with Crippen LogP contribution in [0.2, 0.25) is 0 Å². The fourth-order valence-electron chi connectivity index (χ4n) is 3.37. The molecule has 27 heavy (non-hydrogen) atoms. The Morgan fingerprint density at radius 1 is 1.11 bits per heavy atom. The number of nitrogens with one attached hydrogen (secondary N) is 1. The summed E-state index contributed by atoms with van der Waals surface area (Å²) in [5.74, 6) is -1.71. The van der Waals surface area contributed by atoms with Gasteiger partial charge in [0.1, 0.15) is 11.6 Å². The van der Waals surface area contributed by atoms with Gasteiger partial charge in [-0.2, -0.15) is 0 Å². The maximum absolute atomic E-state index is 13.7. The van der Waals surface area contributed by atoms with Crippen molar-refractivity contribution < 1.29 is 13.6 Å². The molecule has 1 unspecified atom stereocenters. The van der Waals surface area contributed by atoms with Crippen molar-refractivity contribution in [1.82, 2.24) is 9.80 Å². The van der Waals surface area contributed by atoms with E-state index in [1.165, 1.54) is 17.2 Å². The Labute approximate surface area is 158 Å². The summed E-state index contributed by atoms with van der Waals surface area (Å²) in [6, 6.07) is 11.3. The van der Waals surface area contributed by atoms with E-state index in [2.05, 4.69) is 46.3 Å². The molecule has 1 N–H and O–H groups in total. The standard InChI is InChI=1S/C21H25F2N3O/c1-15-4-3-5-17(12-15)14-25-8-10-26(11-9-25)16(2)21(27)24-20-7-6-18(22)13-19(20)23/h3-7,12-13,16H,8-11,14H2,1-2H3,(H,24,27). The van der Waals surface area contributed by atoms with Crippen molar-refractivity contribution in [3.63, 3.8) is 0 Å². The highest BCUT2D eigenvalue weighted by molar-refractivity contribution is 5.94. The summed E-state index contributed by atoms with van der Waals surface area (Å²) >= 11 is 0. The normalized spacial score (nSPS) is 16.9. The number of carbonyl (C=O) groups excluding carboxylic acids is 1. The van der Waals surface area contributed by atoms with Gasteiger partial charge in [-0.3, -0.25) is 14.6 Å². The fourth-order valence-corrected chi connectivity index (χ4v) is 3.37. The minimum Gasteiger partial charge on any atom is -0.322 e. The molecular formula is C21H25F2N3O. The van der Waals surface area contributed by atoms with Gasteiger partial charge in [-0.1, -0.05) is 29.8 Å². The zero-order valence-corrected chi connectivity index (χ0v) is 15.7. The molecule has 0 saturated carbocycles. The summed E-state index contributed by atoms with van der Waals surface area (Å²) in [5.41, 5.74) is 2.55. The van der Waals surface area contributed by atoms with Crippen molar-refractivity contribution in [2.24, 2.45) is 0 Å². The number of anilines is 1. The van der Waals surface area contributed by atoms with Crippen LogP contribution in [0.15, 0.2) is 42.5 Å². The largest absolute Gasteiger partial charge is 0.322 e. The molecule has 1 amide bonds. The monoisotopic (exact) mass is 373 g/mol. The van der Waals surface area contributed by atoms with E-state index in [4.69, 9.17) is 0 Å². The molecule has 1 aliphatic heterocycles. The van der Waals surface area contributed by atoms with Gasteiger partial charge >= 0.3 is 0 Å². The van der Waals surface area contributed by atoms with Crippen molar-refractivity contribution in [2.75, 3.05) is 31.5 Å². The van der Waals surface area contributed by atoms with E-state index in [9.17, 15) is 13.6 Å². The molecule has 2 aromatic carbocycles. The van der Waals surface area contributed by atoms with Gasteiger partial charge in [-0.25, -0.2) is 8.78 Å². The first-order valence-electron chi connectivity index (χ1n) is 9.20. The minimum absolute atomic E-state index is 0.00586.